The van der Waals surface area contributed by atoms with Gasteiger partial charge in [0.25, 0.3) is 0 Å². The molecule has 1 aliphatic heterocycles. The first-order valence-corrected chi connectivity index (χ1v) is 6.53. The van der Waals surface area contributed by atoms with Crippen LogP contribution in [0.15, 0.2) is 24.3 Å². The lowest BCUT2D eigenvalue weighted by Crippen LogP contribution is -2.46. The van der Waals surface area contributed by atoms with Crippen molar-refractivity contribution in [2.75, 3.05) is 11.4 Å². The number of hydrogen-bond donors (Lipinski definition) is 1. The van der Waals surface area contributed by atoms with Gasteiger partial charge in [0.15, 0.2) is 0 Å². The van der Waals surface area contributed by atoms with E-state index in [-0.39, 0.29) is 17.5 Å². The van der Waals surface area contributed by atoms with E-state index >= 15 is 0 Å². The molecule has 1 aliphatic rings. The van der Waals surface area contributed by atoms with Crippen LogP contribution < -0.4 is 10.2 Å². The van der Waals surface area contributed by atoms with Crippen LogP contribution >= 0.6 is 0 Å². The van der Waals surface area contributed by atoms with Gasteiger partial charge in [0.2, 0.25) is 5.91 Å². The number of fused-ring (bicyclic) bond motifs is 1. The first kappa shape index (κ1) is 13.1. The number of nitrogens with one attached hydrogen (secondary N) is 1. The van der Waals surface area contributed by atoms with E-state index in [1.807, 2.05) is 23.1 Å². The minimum atomic E-state index is -0.0296. The maximum absolute atomic E-state index is 12.3. The van der Waals surface area contributed by atoms with Gasteiger partial charge in [-0.05, 0) is 45.7 Å². The van der Waals surface area contributed by atoms with Gasteiger partial charge in [-0.15, -0.1) is 0 Å². The monoisotopic (exact) mass is 246 g/mol. The number of rotatable bonds is 2. The van der Waals surface area contributed by atoms with E-state index in [1.54, 1.807) is 0 Å². The molecule has 0 saturated heterocycles. The van der Waals surface area contributed by atoms with Crippen molar-refractivity contribution in [3.05, 3.63) is 29.8 Å². The van der Waals surface area contributed by atoms with E-state index in [1.165, 1.54) is 5.56 Å². The molecule has 3 nitrogen and oxygen atoms in total. The van der Waals surface area contributed by atoms with Crippen LogP contribution in [0.3, 0.4) is 0 Å². The Morgan fingerprint density at radius 2 is 2.06 bits per heavy atom. The van der Waals surface area contributed by atoms with Crippen LogP contribution in [0.5, 0.6) is 0 Å². The first-order valence-electron chi connectivity index (χ1n) is 6.53. The van der Waals surface area contributed by atoms with Gasteiger partial charge < -0.3 is 10.2 Å². The van der Waals surface area contributed by atoms with Gasteiger partial charge in [-0.3, -0.25) is 4.79 Å². The van der Waals surface area contributed by atoms with Crippen LogP contribution in [-0.2, 0) is 11.2 Å². The molecule has 2 rings (SSSR count). The fourth-order valence-electron chi connectivity index (χ4n) is 2.37. The molecule has 0 bridgehead atoms. The van der Waals surface area contributed by atoms with Gasteiger partial charge in [-0.2, -0.15) is 0 Å². The minimum absolute atomic E-state index is 0.0296. The van der Waals surface area contributed by atoms with Crippen molar-refractivity contribution in [2.24, 2.45) is 0 Å². The van der Waals surface area contributed by atoms with Gasteiger partial charge in [-0.25, -0.2) is 0 Å². The lowest BCUT2D eigenvalue weighted by molar-refractivity contribution is -0.118. The average Bonchev–Trinajstić information content (AvgIpc) is 2.61. The summed E-state index contributed by atoms with van der Waals surface area (Å²) in [5.74, 6) is 0.155. The molecule has 1 heterocycles. The van der Waals surface area contributed by atoms with E-state index in [2.05, 4.69) is 39.1 Å². The predicted molar refractivity (Wildman–Crippen MR) is 74.8 cm³/mol. The van der Waals surface area contributed by atoms with Crippen molar-refractivity contribution in [1.82, 2.24) is 5.32 Å². The van der Waals surface area contributed by atoms with Gasteiger partial charge in [0, 0.05) is 17.3 Å². The zero-order valence-electron chi connectivity index (χ0n) is 11.7. The lowest BCUT2D eigenvalue weighted by atomic mass is 10.1. The number of anilines is 1. The first-order chi connectivity index (χ1) is 8.38. The molecule has 0 radical (unpaired) electrons. The molecule has 1 aromatic carbocycles. The van der Waals surface area contributed by atoms with Crippen molar-refractivity contribution >= 4 is 11.6 Å². The largest absolute Gasteiger partial charge is 0.308 e. The zero-order chi connectivity index (χ0) is 13.3. The quantitative estimate of drug-likeness (QED) is 0.868. The SMILES string of the molecule is C[C@H]1Cc2ccccc2N1C(=O)CNC(C)(C)C. The molecule has 0 unspecified atom stereocenters. The van der Waals surface area contributed by atoms with Crippen LogP contribution in [0.4, 0.5) is 5.69 Å². The molecule has 0 aromatic heterocycles. The summed E-state index contributed by atoms with van der Waals surface area (Å²) in [5.41, 5.74) is 2.32. The fraction of sp³-hybridized carbons (Fsp3) is 0.533. The Kier molecular flexibility index (Phi) is 3.44. The summed E-state index contributed by atoms with van der Waals surface area (Å²) in [7, 11) is 0. The maximum atomic E-state index is 12.3. The second-order valence-corrected chi connectivity index (χ2v) is 6.05. The second kappa shape index (κ2) is 4.73. The summed E-state index contributed by atoms with van der Waals surface area (Å²) in [5, 5.41) is 3.26. The summed E-state index contributed by atoms with van der Waals surface area (Å²) >= 11 is 0. The van der Waals surface area contributed by atoms with Gasteiger partial charge in [-0.1, -0.05) is 18.2 Å². The van der Waals surface area contributed by atoms with E-state index in [0.29, 0.717) is 6.54 Å². The zero-order valence-corrected chi connectivity index (χ0v) is 11.7. The minimum Gasteiger partial charge on any atom is -0.308 e. The lowest BCUT2D eigenvalue weighted by Gasteiger charge is -2.26. The predicted octanol–water partition coefficient (Wildman–Crippen LogP) is 2.35. The van der Waals surface area contributed by atoms with Crippen molar-refractivity contribution in [2.45, 2.75) is 45.7 Å². The summed E-state index contributed by atoms with van der Waals surface area (Å²) in [6.07, 6.45) is 0.956. The number of hydrogen-bond acceptors (Lipinski definition) is 2. The van der Waals surface area contributed by atoms with Crippen molar-refractivity contribution < 1.29 is 4.79 Å². The molecule has 18 heavy (non-hydrogen) atoms. The Hall–Kier alpha value is -1.35. The van der Waals surface area contributed by atoms with E-state index in [9.17, 15) is 4.79 Å². The van der Waals surface area contributed by atoms with E-state index < -0.39 is 0 Å². The molecular weight excluding hydrogens is 224 g/mol. The third kappa shape index (κ3) is 2.72. The van der Waals surface area contributed by atoms with Crippen LogP contribution in [0.1, 0.15) is 33.3 Å². The molecule has 0 fully saturated rings. The van der Waals surface area contributed by atoms with Gasteiger partial charge in [0.1, 0.15) is 0 Å². The van der Waals surface area contributed by atoms with Crippen LogP contribution in [-0.4, -0.2) is 24.0 Å². The number of para-hydroxylation sites is 1. The summed E-state index contributed by atoms with van der Waals surface area (Å²) < 4.78 is 0. The van der Waals surface area contributed by atoms with Crippen LogP contribution in [0.2, 0.25) is 0 Å². The van der Waals surface area contributed by atoms with E-state index in [0.717, 1.165) is 12.1 Å². The molecule has 3 heteroatoms. The molecule has 0 aliphatic carbocycles. The molecule has 1 amide bonds. The third-order valence-electron chi connectivity index (χ3n) is 3.25. The smallest absolute Gasteiger partial charge is 0.241 e. The topological polar surface area (TPSA) is 32.3 Å². The number of carbonyl (C=O) groups is 1. The Bertz CT molecular complexity index is 448. The van der Waals surface area contributed by atoms with Crippen molar-refractivity contribution in [1.29, 1.82) is 0 Å². The normalized spacial score (nSPS) is 18.9. The highest BCUT2D eigenvalue weighted by atomic mass is 16.2. The summed E-state index contributed by atoms with van der Waals surface area (Å²) in [6.45, 7) is 8.71. The maximum Gasteiger partial charge on any atom is 0.241 e. The average molecular weight is 246 g/mol. The standard InChI is InChI=1S/C15H22N2O/c1-11-9-12-7-5-6-8-13(12)17(11)14(18)10-16-15(2,3)4/h5-8,11,16H,9-10H2,1-4H3/t11-/m0/s1. The highest BCUT2D eigenvalue weighted by Crippen LogP contribution is 2.31. The molecule has 0 spiro atoms. The molecule has 98 valence electrons. The van der Waals surface area contributed by atoms with Crippen LogP contribution in [0.25, 0.3) is 0 Å². The number of amides is 1. The fourth-order valence-corrected chi connectivity index (χ4v) is 2.37. The third-order valence-corrected chi connectivity index (χ3v) is 3.25. The highest BCUT2D eigenvalue weighted by molar-refractivity contribution is 5.97. The Morgan fingerprint density at radius 3 is 2.72 bits per heavy atom. The summed E-state index contributed by atoms with van der Waals surface area (Å²) in [6, 6.07) is 8.43. The number of carbonyl (C=O) groups excluding carboxylic acids is 1. The van der Waals surface area contributed by atoms with Crippen molar-refractivity contribution in [3.63, 3.8) is 0 Å². The Morgan fingerprint density at radius 1 is 1.39 bits per heavy atom. The van der Waals surface area contributed by atoms with Gasteiger partial charge in [0.05, 0.1) is 6.54 Å². The summed E-state index contributed by atoms with van der Waals surface area (Å²) in [4.78, 5) is 14.3. The second-order valence-electron chi connectivity index (χ2n) is 6.05. The van der Waals surface area contributed by atoms with Gasteiger partial charge >= 0.3 is 0 Å². The number of nitrogens with zero attached hydrogens (tertiary/aromatic N) is 1. The van der Waals surface area contributed by atoms with Crippen molar-refractivity contribution in [3.8, 4) is 0 Å². The number of benzene rings is 1. The van der Waals surface area contributed by atoms with E-state index in [4.69, 9.17) is 0 Å². The highest BCUT2D eigenvalue weighted by Gasteiger charge is 2.30. The van der Waals surface area contributed by atoms with Crippen LogP contribution in [0, 0.1) is 0 Å². The molecular formula is C15H22N2O. The molecule has 1 N–H and O–H groups in total. The Labute approximate surface area is 109 Å². The Balaban J connectivity index is 2.11. The molecule has 0 saturated carbocycles. The molecule has 1 atom stereocenters. The molecule has 1 aromatic rings.